The van der Waals surface area contributed by atoms with Crippen LogP contribution in [0.3, 0.4) is 0 Å². The molecule has 0 aliphatic carbocycles. The highest BCUT2D eigenvalue weighted by Crippen LogP contribution is 2.42. The molecule has 4 aromatic heterocycles. The van der Waals surface area contributed by atoms with E-state index in [4.69, 9.17) is 38.2 Å². The number of amides is 2. The van der Waals surface area contributed by atoms with Crippen LogP contribution in [0, 0.1) is 6.92 Å². The van der Waals surface area contributed by atoms with E-state index in [-0.39, 0.29) is 41.8 Å². The lowest BCUT2D eigenvalue weighted by atomic mass is 9.77. The number of thiazole rings is 2. The normalized spacial score (nSPS) is 15.1. The molecular formula is C80H82BF3N8O11S2. The van der Waals surface area contributed by atoms with Gasteiger partial charge in [0.2, 0.25) is 0 Å². The van der Waals surface area contributed by atoms with E-state index in [1.54, 1.807) is 45.9 Å². The van der Waals surface area contributed by atoms with Crippen LogP contribution in [-0.2, 0) is 54.2 Å². The summed E-state index contributed by atoms with van der Waals surface area (Å²) in [5.74, 6) is -2.31. The number of ether oxygens (including phenoxy) is 4. The number of nitrogens with zero attached hydrogens (tertiary/aromatic N) is 6. The van der Waals surface area contributed by atoms with Gasteiger partial charge in [-0.1, -0.05) is 102 Å². The van der Waals surface area contributed by atoms with E-state index in [0.717, 1.165) is 49.1 Å². The third-order valence-corrected chi connectivity index (χ3v) is 20.5. The summed E-state index contributed by atoms with van der Waals surface area (Å²) < 4.78 is 79.3. The minimum absolute atomic E-state index is 0.00364. The third-order valence-electron chi connectivity index (χ3n) is 18.6. The zero-order valence-corrected chi connectivity index (χ0v) is 62.2. The van der Waals surface area contributed by atoms with Crippen molar-refractivity contribution in [1.82, 2.24) is 19.9 Å². The Hall–Kier alpha value is -10.1. The van der Waals surface area contributed by atoms with Crippen molar-refractivity contribution in [2.75, 3.05) is 40.1 Å². The van der Waals surface area contributed by atoms with Gasteiger partial charge in [0.25, 0.3) is 11.8 Å². The van der Waals surface area contributed by atoms with Crippen molar-refractivity contribution in [3.8, 4) is 22.6 Å². The van der Waals surface area contributed by atoms with Crippen LogP contribution in [0.15, 0.2) is 152 Å². The summed E-state index contributed by atoms with van der Waals surface area (Å²) in [5.41, 5.74) is 6.60. The molecule has 0 spiro atoms. The average molecular weight is 1460 g/mol. The Bertz CT molecular complexity index is 4870. The topological polar surface area (TPSA) is 223 Å². The number of hydrogen-bond donors (Lipinski definition) is 2. The van der Waals surface area contributed by atoms with Crippen LogP contribution in [0.25, 0.3) is 31.6 Å². The minimum Gasteiger partial charge on any atom is -0.466 e. The number of carbonyl (C=O) groups excluding carboxylic acids is 5. The highest BCUT2D eigenvalue weighted by Gasteiger charge is 2.53. The van der Waals surface area contributed by atoms with Gasteiger partial charge in [-0.2, -0.15) is 13.2 Å². The second-order valence-corrected chi connectivity index (χ2v) is 31.0. The SMILES string of the molecule is CC(C)(C)OC(=O)c1nc(N2CCc3cccc(C(=O)Nc4nc5ccccc5s4)c3C2)ccc1B1OC(C)(C)C(C)(C)O1.CCOC(=O)CC[C@@H](c1ccc(Oc2cccc(-c3ccc(N4CCc5cccc(C(=O)Nc6nc7ccccc7s6)c5C4)nc3C(=O)OC(C)(C)C)c2C)cc1)C(F)(F)F. The van der Waals surface area contributed by atoms with Gasteiger partial charge >= 0.3 is 31.2 Å². The van der Waals surface area contributed by atoms with Gasteiger partial charge in [-0.05, 0) is 214 Å². The van der Waals surface area contributed by atoms with Crippen molar-refractivity contribution in [2.24, 2.45) is 0 Å². The number of alkyl halides is 3. The predicted octanol–water partition coefficient (Wildman–Crippen LogP) is 17.0. The lowest BCUT2D eigenvalue weighted by Gasteiger charge is -2.32. The number of hydrogen-bond acceptors (Lipinski definition) is 19. The zero-order valence-electron chi connectivity index (χ0n) is 60.6. The van der Waals surface area contributed by atoms with Crippen LogP contribution in [0.2, 0.25) is 0 Å². The molecule has 3 aliphatic rings. The van der Waals surface area contributed by atoms with Crippen molar-refractivity contribution >= 4 is 107 Å². The number of esters is 3. The van der Waals surface area contributed by atoms with Gasteiger partial charge in [0.1, 0.15) is 34.3 Å². The van der Waals surface area contributed by atoms with Crippen LogP contribution in [0.5, 0.6) is 11.5 Å². The van der Waals surface area contributed by atoms with E-state index in [9.17, 15) is 37.1 Å². The molecule has 25 heteroatoms. The van der Waals surface area contributed by atoms with Gasteiger partial charge in [-0.15, -0.1) is 0 Å². The standard InChI is InChI=1S/C47H45F3N4O6S.C33H37BN4O5S/c1-6-58-41(55)24-22-36(47(48,49)50)30-17-19-31(20-18-30)59-38-15-10-12-32(28(38)2)33-21-23-40(52-42(33)44(57)60-46(3,4)5)54-26-25-29-11-9-13-34(35(29)27-54)43(56)53-45-51-37-14-7-8-16-39(37)61-45;1-31(2,3)41-29(40)27-23(34-42-32(4,5)33(6,7)43-34)15-16-26(36-27)38-18-17-20-11-10-12-21(22(20)19-38)28(39)37-30-35-24-13-8-9-14-25(24)44-30/h7-21,23,36H,6,22,24-27H2,1-5H3,(H,51,53,56);8-16H,17-19H2,1-7H3,(H,35,37,39)/t36-;/m0./s1. The maximum absolute atomic E-state index is 14.0. The number of aromatic nitrogens is 4. The van der Waals surface area contributed by atoms with Crippen LogP contribution in [0.4, 0.5) is 35.1 Å². The van der Waals surface area contributed by atoms with E-state index < -0.39 is 65.9 Å². The first-order valence-corrected chi connectivity index (χ1v) is 36.4. The molecule has 2 N–H and O–H groups in total. The Balaban J connectivity index is 0.000000208. The summed E-state index contributed by atoms with van der Waals surface area (Å²) >= 11 is 2.86. The third kappa shape index (κ3) is 17.2. The summed E-state index contributed by atoms with van der Waals surface area (Å²) in [6.45, 7) is 24.3. The molecule has 7 heterocycles. The fourth-order valence-electron chi connectivity index (χ4n) is 12.7. The van der Waals surface area contributed by atoms with Crippen molar-refractivity contribution in [3.05, 3.63) is 208 Å². The summed E-state index contributed by atoms with van der Waals surface area (Å²) in [6, 6.07) is 45.3. The first-order valence-electron chi connectivity index (χ1n) is 34.8. The monoisotopic (exact) mass is 1460 g/mol. The van der Waals surface area contributed by atoms with E-state index in [2.05, 4.69) is 31.6 Å². The maximum atomic E-state index is 14.0. The van der Waals surface area contributed by atoms with Crippen molar-refractivity contribution in [3.63, 3.8) is 0 Å². The van der Waals surface area contributed by atoms with Crippen molar-refractivity contribution < 1.29 is 65.4 Å². The molecule has 2 amide bonds. The molecule has 0 unspecified atom stereocenters. The predicted molar refractivity (Wildman–Crippen MR) is 403 cm³/mol. The van der Waals surface area contributed by atoms with Gasteiger partial charge in [0, 0.05) is 54.8 Å². The molecule has 3 aliphatic heterocycles. The fourth-order valence-corrected chi connectivity index (χ4v) is 14.4. The molecule has 6 aromatic carbocycles. The highest BCUT2D eigenvalue weighted by atomic mass is 32.1. The van der Waals surface area contributed by atoms with E-state index in [0.29, 0.717) is 99.3 Å². The van der Waals surface area contributed by atoms with E-state index >= 15 is 0 Å². The summed E-state index contributed by atoms with van der Waals surface area (Å²) in [6.07, 6.45) is -3.99. The number of pyridine rings is 2. The Morgan fingerprint density at radius 3 is 1.59 bits per heavy atom. The van der Waals surface area contributed by atoms with E-state index in [1.807, 2.05) is 163 Å². The number of nitrogens with one attached hydrogen (secondary N) is 2. The Labute approximate surface area is 616 Å². The number of para-hydroxylation sites is 2. The van der Waals surface area contributed by atoms with Crippen LogP contribution >= 0.6 is 22.7 Å². The Kier molecular flexibility index (Phi) is 21.5. The fraction of sp³-hybridized carbons (Fsp3) is 0.338. The van der Waals surface area contributed by atoms with Crippen LogP contribution in [0.1, 0.15) is 170 Å². The molecular weight excluding hydrogens is 1380 g/mol. The Morgan fingerprint density at radius 1 is 0.590 bits per heavy atom. The molecule has 19 nitrogen and oxygen atoms in total. The average Bonchev–Trinajstić information content (AvgIpc) is 1.76. The molecule has 1 atom stereocenters. The molecule has 10 aromatic rings. The first kappa shape index (κ1) is 74.6. The van der Waals surface area contributed by atoms with Gasteiger partial charge in [-0.25, -0.2) is 29.5 Å². The van der Waals surface area contributed by atoms with Gasteiger partial charge in [-0.3, -0.25) is 25.0 Å². The number of benzene rings is 6. The molecule has 0 radical (unpaired) electrons. The maximum Gasteiger partial charge on any atom is 0.497 e. The summed E-state index contributed by atoms with van der Waals surface area (Å²) in [7, 11) is -0.774. The lowest BCUT2D eigenvalue weighted by molar-refractivity contribution is -0.156. The Morgan fingerprint density at radius 2 is 1.09 bits per heavy atom. The number of fused-ring (bicyclic) bond motifs is 4. The van der Waals surface area contributed by atoms with Crippen molar-refractivity contribution in [2.45, 2.75) is 156 Å². The summed E-state index contributed by atoms with van der Waals surface area (Å²) in [5, 5.41) is 7.05. The van der Waals surface area contributed by atoms with Crippen molar-refractivity contribution in [1.29, 1.82) is 0 Å². The molecule has 0 bridgehead atoms. The zero-order chi connectivity index (χ0) is 74.9. The van der Waals surface area contributed by atoms with E-state index in [1.165, 1.54) is 46.9 Å². The highest BCUT2D eigenvalue weighted by molar-refractivity contribution is 7.22. The van der Waals surface area contributed by atoms with Gasteiger partial charge in [0.15, 0.2) is 21.7 Å². The molecule has 544 valence electrons. The number of anilines is 4. The smallest absolute Gasteiger partial charge is 0.466 e. The number of halogens is 3. The second kappa shape index (κ2) is 30.2. The molecule has 105 heavy (non-hydrogen) atoms. The molecule has 1 saturated heterocycles. The number of rotatable bonds is 17. The number of carbonyl (C=O) groups is 5. The van der Waals surface area contributed by atoms with Crippen LogP contribution in [-0.4, -0.2) is 105 Å². The van der Waals surface area contributed by atoms with Gasteiger partial charge in [0.05, 0.1) is 44.2 Å². The lowest BCUT2D eigenvalue weighted by Crippen LogP contribution is -2.41. The molecule has 1 fully saturated rings. The quantitative estimate of drug-likeness (QED) is 0.0491. The summed E-state index contributed by atoms with van der Waals surface area (Å²) in [4.78, 5) is 89.5. The molecule has 13 rings (SSSR count). The molecule has 0 saturated carbocycles. The van der Waals surface area contributed by atoms with Gasteiger partial charge < -0.3 is 38.1 Å². The largest absolute Gasteiger partial charge is 0.497 e. The van der Waals surface area contributed by atoms with Crippen LogP contribution < -0.4 is 30.6 Å². The first-order chi connectivity index (χ1) is 49.8. The minimum atomic E-state index is -4.56. The second-order valence-electron chi connectivity index (χ2n) is 28.9.